The number of likely N-dealkylation sites (tertiary alicyclic amines) is 1. The van der Waals surface area contributed by atoms with E-state index in [1.807, 2.05) is 19.1 Å². The van der Waals surface area contributed by atoms with Gasteiger partial charge >= 0.3 is 0 Å². The first kappa shape index (κ1) is 17.9. The summed E-state index contributed by atoms with van der Waals surface area (Å²) in [5, 5.41) is 5.60. The highest BCUT2D eigenvalue weighted by molar-refractivity contribution is 5.87. The standard InChI is InChI=1S/C21H29N3O/c1-15(18-10-6-8-17-7-4-5-9-19(17)18)23-20(25)16(2)24-12-11-21(3,13-22)14-24/h4-10,15-16H,11-14,22H2,1-3H3,(H,23,25). The Bertz CT molecular complexity index is 754. The molecule has 2 aromatic rings. The maximum atomic E-state index is 12.8. The molecule has 0 aliphatic carbocycles. The predicted octanol–water partition coefficient (Wildman–Crippen LogP) is 3.08. The van der Waals surface area contributed by atoms with Crippen molar-refractivity contribution in [2.75, 3.05) is 19.6 Å². The average Bonchev–Trinajstić information content (AvgIpc) is 3.03. The van der Waals surface area contributed by atoms with E-state index in [0.717, 1.165) is 25.1 Å². The van der Waals surface area contributed by atoms with Gasteiger partial charge in [0, 0.05) is 6.54 Å². The van der Waals surface area contributed by atoms with Gasteiger partial charge in [0.15, 0.2) is 0 Å². The molecule has 0 radical (unpaired) electrons. The second kappa shape index (κ2) is 7.14. The van der Waals surface area contributed by atoms with E-state index in [4.69, 9.17) is 5.73 Å². The molecular formula is C21H29N3O. The summed E-state index contributed by atoms with van der Waals surface area (Å²) >= 11 is 0. The molecule has 0 saturated carbocycles. The van der Waals surface area contributed by atoms with E-state index >= 15 is 0 Å². The number of nitrogens with one attached hydrogen (secondary N) is 1. The maximum absolute atomic E-state index is 12.8. The van der Waals surface area contributed by atoms with Crippen LogP contribution in [0.15, 0.2) is 42.5 Å². The van der Waals surface area contributed by atoms with Crippen LogP contribution in [0.1, 0.15) is 38.8 Å². The Kier molecular flexibility index (Phi) is 5.11. The lowest BCUT2D eigenvalue weighted by Gasteiger charge is -2.28. The summed E-state index contributed by atoms with van der Waals surface area (Å²) in [7, 11) is 0. The van der Waals surface area contributed by atoms with Gasteiger partial charge in [0.05, 0.1) is 12.1 Å². The van der Waals surface area contributed by atoms with Gasteiger partial charge in [-0.25, -0.2) is 0 Å². The van der Waals surface area contributed by atoms with Crippen molar-refractivity contribution >= 4 is 16.7 Å². The molecule has 25 heavy (non-hydrogen) atoms. The fraction of sp³-hybridized carbons (Fsp3) is 0.476. The van der Waals surface area contributed by atoms with Crippen molar-refractivity contribution in [3.8, 4) is 0 Å². The third-order valence-corrected chi connectivity index (χ3v) is 5.66. The molecule has 4 heteroatoms. The summed E-state index contributed by atoms with van der Waals surface area (Å²) in [6.07, 6.45) is 1.06. The number of hydrogen-bond donors (Lipinski definition) is 2. The zero-order valence-electron chi connectivity index (χ0n) is 15.5. The van der Waals surface area contributed by atoms with Crippen LogP contribution in [-0.4, -0.2) is 36.5 Å². The minimum atomic E-state index is -0.134. The molecule has 0 spiro atoms. The van der Waals surface area contributed by atoms with Crippen molar-refractivity contribution < 1.29 is 4.79 Å². The number of fused-ring (bicyclic) bond motifs is 1. The van der Waals surface area contributed by atoms with Gasteiger partial charge < -0.3 is 11.1 Å². The highest BCUT2D eigenvalue weighted by atomic mass is 16.2. The fourth-order valence-corrected chi connectivity index (χ4v) is 3.76. The van der Waals surface area contributed by atoms with Gasteiger partial charge in [-0.1, -0.05) is 49.4 Å². The monoisotopic (exact) mass is 339 g/mol. The summed E-state index contributed by atoms with van der Waals surface area (Å²) in [5.41, 5.74) is 7.18. The lowest BCUT2D eigenvalue weighted by molar-refractivity contribution is -0.126. The third-order valence-electron chi connectivity index (χ3n) is 5.66. The van der Waals surface area contributed by atoms with E-state index in [0.29, 0.717) is 6.54 Å². The van der Waals surface area contributed by atoms with Gasteiger partial charge in [-0.15, -0.1) is 0 Å². The third kappa shape index (κ3) is 3.70. The Morgan fingerprint density at radius 2 is 1.96 bits per heavy atom. The van der Waals surface area contributed by atoms with Crippen LogP contribution in [0.5, 0.6) is 0 Å². The first-order chi connectivity index (χ1) is 11.9. The number of rotatable bonds is 5. The van der Waals surface area contributed by atoms with E-state index < -0.39 is 0 Å². The van der Waals surface area contributed by atoms with Crippen molar-refractivity contribution in [2.24, 2.45) is 11.1 Å². The van der Waals surface area contributed by atoms with Gasteiger partial charge in [0.2, 0.25) is 5.91 Å². The van der Waals surface area contributed by atoms with Crippen LogP contribution in [0.2, 0.25) is 0 Å². The number of carbonyl (C=O) groups excluding carboxylic acids is 1. The van der Waals surface area contributed by atoms with Crippen LogP contribution in [-0.2, 0) is 4.79 Å². The molecule has 3 atom stereocenters. The number of benzene rings is 2. The van der Waals surface area contributed by atoms with Gasteiger partial charge in [0.1, 0.15) is 0 Å². The zero-order chi connectivity index (χ0) is 18.0. The largest absolute Gasteiger partial charge is 0.348 e. The van der Waals surface area contributed by atoms with Gasteiger partial charge in [0.25, 0.3) is 0 Å². The molecule has 1 heterocycles. The van der Waals surface area contributed by atoms with Crippen molar-refractivity contribution in [1.29, 1.82) is 0 Å². The highest BCUT2D eigenvalue weighted by Crippen LogP contribution is 2.30. The minimum absolute atomic E-state index is 0.0236. The zero-order valence-corrected chi connectivity index (χ0v) is 15.5. The molecule has 134 valence electrons. The summed E-state index contributed by atoms with van der Waals surface area (Å²) < 4.78 is 0. The molecule has 1 saturated heterocycles. The van der Waals surface area contributed by atoms with Gasteiger partial charge in [-0.2, -0.15) is 0 Å². The van der Waals surface area contributed by atoms with E-state index in [-0.39, 0.29) is 23.4 Å². The molecule has 3 unspecified atom stereocenters. The Balaban J connectivity index is 1.70. The molecule has 0 bridgehead atoms. The lowest BCUT2D eigenvalue weighted by Crippen LogP contribution is -2.45. The predicted molar refractivity (Wildman–Crippen MR) is 103 cm³/mol. The Morgan fingerprint density at radius 1 is 1.24 bits per heavy atom. The Hall–Kier alpha value is -1.91. The van der Waals surface area contributed by atoms with Crippen molar-refractivity contribution in [2.45, 2.75) is 39.3 Å². The molecule has 1 fully saturated rings. The quantitative estimate of drug-likeness (QED) is 0.880. The smallest absolute Gasteiger partial charge is 0.237 e. The van der Waals surface area contributed by atoms with Gasteiger partial charge in [-0.3, -0.25) is 9.69 Å². The average molecular weight is 339 g/mol. The molecule has 2 aromatic carbocycles. The SMILES string of the molecule is CC(NC(=O)C(C)N1CCC(C)(CN)C1)c1cccc2ccccc12. The fourth-order valence-electron chi connectivity index (χ4n) is 3.76. The van der Waals surface area contributed by atoms with Crippen LogP contribution >= 0.6 is 0 Å². The van der Waals surface area contributed by atoms with Crippen LogP contribution in [0.25, 0.3) is 10.8 Å². The van der Waals surface area contributed by atoms with E-state index in [1.54, 1.807) is 0 Å². The first-order valence-electron chi connectivity index (χ1n) is 9.16. The minimum Gasteiger partial charge on any atom is -0.348 e. The van der Waals surface area contributed by atoms with Crippen LogP contribution in [0.3, 0.4) is 0 Å². The summed E-state index contributed by atoms with van der Waals surface area (Å²) in [5.74, 6) is 0.0849. The molecular weight excluding hydrogens is 310 g/mol. The molecule has 1 amide bonds. The van der Waals surface area contributed by atoms with Crippen molar-refractivity contribution in [3.05, 3.63) is 48.0 Å². The molecule has 0 aromatic heterocycles. The van der Waals surface area contributed by atoms with Crippen LogP contribution < -0.4 is 11.1 Å². The van der Waals surface area contributed by atoms with E-state index in [9.17, 15) is 4.79 Å². The normalized spacial score (nSPS) is 23.5. The van der Waals surface area contributed by atoms with E-state index in [1.165, 1.54) is 10.8 Å². The van der Waals surface area contributed by atoms with Crippen molar-refractivity contribution in [3.63, 3.8) is 0 Å². The number of amides is 1. The molecule has 3 rings (SSSR count). The van der Waals surface area contributed by atoms with E-state index in [2.05, 4.69) is 54.4 Å². The topological polar surface area (TPSA) is 58.4 Å². The van der Waals surface area contributed by atoms with Crippen LogP contribution in [0.4, 0.5) is 0 Å². The maximum Gasteiger partial charge on any atom is 0.237 e. The number of nitrogens with zero attached hydrogens (tertiary/aromatic N) is 1. The second-order valence-corrected chi connectivity index (χ2v) is 7.71. The number of hydrogen-bond acceptors (Lipinski definition) is 3. The summed E-state index contributed by atoms with van der Waals surface area (Å²) in [4.78, 5) is 15.0. The Labute approximate surface area is 150 Å². The number of carbonyl (C=O) groups is 1. The van der Waals surface area contributed by atoms with Crippen molar-refractivity contribution in [1.82, 2.24) is 10.2 Å². The lowest BCUT2D eigenvalue weighted by atomic mass is 9.90. The first-order valence-corrected chi connectivity index (χ1v) is 9.16. The molecule has 1 aliphatic rings. The molecule has 1 aliphatic heterocycles. The summed E-state index contributed by atoms with van der Waals surface area (Å²) in [6.45, 7) is 8.75. The summed E-state index contributed by atoms with van der Waals surface area (Å²) in [6, 6.07) is 14.4. The molecule has 4 nitrogen and oxygen atoms in total. The Morgan fingerprint density at radius 3 is 2.68 bits per heavy atom. The van der Waals surface area contributed by atoms with Crippen LogP contribution in [0, 0.1) is 5.41 Å². The van der Waals surface area contributed by atoms with Gasteiger partial charge in [-0.05, 0) is 55.1 Å². The highest BCUT2D eigenvalue weighted by Gasteiger charge is 2.36. The number of nitrogens with two attached hydrogens (primary N) is 1. The second-order valence-electron chi connectivity index (χ2n) is 7.71. The molecule has 3 N–H and O–H groups in total.